The molecule has 0 saturated carbocycles. The molecule has 0 saturated heterocycles. The van der Waals surface area contributed by atoms with E-state index in [0.29, 0.717) is 11.1 Å². The lowest BCUT2D eigenvalue weighted by Crippen LogP contribution is -2.20. The molecule has 0 spiro atoms. The van der Waals surface area contributed by atoms with E-state index >= 15 is 0 Å². The highest BCUT2D eigenvalue weighted by Crippen LogP contribution is 2.12. The van der Waals surface area contributed by atoms with Gasteiger partial charge in [0.15, 0.2) is 5.78 Å². The first kappa shape index (κ1) is 15.7. The molecule has 0 bridgehead atoms. The van der Waals surface area contributed by atoms with Crippen LogP contribution in [0.15, 0.2) is 71.5 Å². The minimum absolute atomic E-state index is 0.121. The number of carbonyl (C=O) groups excluding carboxylic acids is 1. The van der Waals surface area contributed by atoms with Crippen LogP contribution in [0.4, 0.5) is 0 Å². The Morgan fingerprint density at radius 1 is 0.958 bits per heavy atom. The number of hydrogen-bond acceptors (Lipinski definition) is 2. The molecule has 1 heterocycles. The van der Waals surface area contributed by atoms with Gasteiger partial charge in [-0.05, 0) is 31.2 Å². The summed E-state index contributed by atoms with van der Waals surface area (Å²) in [5.74, 6) is -0.121. The van der Waals surface area contributed by atoms with Crippen molar-refractivity contribution in [3.8, 4) is 5.69 Å². The molecule has 3 rings (SSSR count). The molecule has 0 atom stereocenters. The van der Waals surface area contributed by atoms with Crippen LogP contribution in [0.5, 0.6) is 0 Å². The van der Waals surface area contributed by atoms with Crippen molar-refractivity contribution in [1.29, 1.82) is 0 Å². The lowest BCUT2D eigenvalue weighted by molar-refractivity contribution is 0.104. The summed E-state index contributed by atoms with van der Waals surface area (Å²) < 4.78 is 3.40. The first-order valence-electron chi connectivity index (χ1n) is 7.71. The Bertz CT molecular complexity index is 949. The Balaban J connectivity index is 2.00. The third kappa shape index (κ3) is 2.86. The van der Waals surface area contributed by atoms with Crippen LogP contribution >= 0.6 is 0 Å². The minimum Gasteiger partial charge on any atom is -0.289 e. The second-order valence-corrected chi connectivity index (χ2v) is 5.54. The average molecular weight is 318 g/mol. The van der Waals surface area contributed by atoms with E-state index in [0.717, 1.165) is 11.4 Å². The number of para-hydroxylation sites is 1. The van der Waals surface area contributed by atoms with Crippen LogP contribution in [0.3, 0.4) is 0 Å². The van der Waals surface area contributed by atoms with Crippen molar-refractivity contribution in [2.24, 2.45) is 7.05 Å². The normalized spacial score (nSPS) is 11.1. The largest absolute Gasteiger partial charge is 0.289 e. The fourth-order valence-electron chi connectivity index (χ4n) is 2.64. The summed E-state index contributed by atoms with van der Waals surface area (Å²) in [5, 5.41) is 0. The standard InChI is InChI=1S/C20H18N2O2/c1-15-18(13-14-19(23)16-9-5-3-6-10-16)20(24)22(21(15)2)17-11-7-4-8-12-17/h3-14H,1-2H3/b14-13+. The SMILES string of the molecule is Cc1c(/C=C/C(=O)c2ccccc2)c(=O)n(-c2ccccc2)n1C. The molecule has 2 aromatic carbocycles. The summed E-state index contributed by atoms with van der Waals surface area (Å²) in [5.41, 5.74) is 2.58. The van der Waals surface area contributed by atoms with Crippen LogP contribution < -0.4 is 5.56 Å². The van der Waals surface area contributed by atoms with E-state index in [9.17, 15) is 9.59 Å². The molecule has 0 N–H and O–H groups in total. The van der Waals surface area contributed by atoms with E-state index < -0.39 is 0 Å². The van der Waals surface area contributed by atoms with Crippen LogP contribution in [0.2, 0.25) is 0 Å². The van der Waals surface area contributed by atoms with Gasteiger partial charge in [0.25, 0.3) is 5.56 Å². The summed E-state index contributed by atoms with van der Waals surface area (Å²) in [6.07, 6.45) is 3.06. The van der Waals surface area contributed by atoms with Crippen molar-refractivity contribution in [2.45, 2.75) is 6.92 Å². The van der Waals surface area contributed by atoms with Crippen molar-refractivity contribution >= 4 is 11.9 Å². The van der Waals surface area contributed by atoms with Crippen molar-refractivity contribution in [3.05, 3.63) is 93.9 Å². The summed E-state index contributed by atoms with van der Waals surface area (Å²) in [4.78, 5) is 24.9. The quantitative estimate of drug-likeness (QED) is 0.547. The summed E-state index contributed by atoms with van der Waals surface area (Å²) in [7, 11) is 1.83. The van der Waals surface area contributed by atoms with E-state index in [1.807, 2.05) is 62.5 Å². The van der Waals surface area contributed by atoms with Gasteiger partial charge in [0.1, 0.15) is 0 Å². The number of aromatic nitrogens is 2. The maximum Gasteiger partial charge on any atom is 0.278 e. The molecule has 0 amide bonds. The molecule has 4 heteroatoms. The second kappa shape index (κ2) is 6.54. The lowest BCUT2D eigenvalue weighted by atomic mass is 10.1. The minimum atomic E-state index is -0.140. The molecular weight excluding hydrogens is 300 g/mol. The van der Waals surface area contributed by atoms with Gasteiger partial charge >= 0.3 is 0 Å². The third-order valence-electron chi connectivity index (χ3n) is 4.06. The van der Waals surface area contributed by atoms with Crippen LogP contribution in [-0.2, 0) is 7.05 Å². The molecule has 0 aliphatic heterocycles. The Hall–Kier alpha value is -3.14. The Morgan fingerprint density at radius 3 is 2.17 bits per heavy atom. The molecule has 0 radical (unpaired) electrons. The van der Waals surface area contributed by atoms with Crippen molar-refractivity contribution in [2.75, 3.05) is 0 Å². The maximum atomic E-state index is 12.7. The lowest BCUT2D eigenvalue weighted by Gasteiger charge is -2.07. The van der Waals surface area contributed by atoms with Gasteiger partial charge in [0, 0.05) is 18.3 Å². The average Bonchev–Trinajstić information content (AvgIpc) is 2.83. The van der Waals surface area contributed by atoms with Gasteiger partial charge < -0.3 is 0 Å². The summed E-state index contributed by atoms with van der Waals surface area (Å²) in [6, 6.07) is 18.4. The van der Waals surface area contributed by atoms with Gasteiger partial charge in [-0.3, -0.25) is 14.3 Å². The first-order valence-corrected chi connectivity index (χ1v) is 7.71. The van der Waals surface area contributed by atoms with E-state index in [1.165, 1.54) is 6.08 Å². The van der Waals surface area contributed by atoms with Gasteiger partial charge in [0.2, 0.25) is 0 Å². The van der Waals surface area contributed by atoms with E-state index in [2.05, 4.69) is 0 Å². The molecule has 24 heavy (non-hydrogen) atoms. The molecule has 120 valence electrons. The van der Waals surface area contributed by atoms with Gasteiger partial charge in [0.05, 0.1) is 11.3 Å². The van der Waals surface area contributed by atoms with Gasteiger partial charge in [-0.25, -0.2) is 4.68 Å². The molecule has 1 aromatic heterocycles. The third-order valence-corrected chi connectivity index (χ3v) is 4.06. The number of hydrogen-bond donors (Lipinski definition) is 0. The van der Waals surface area contributed by atoms with Crippen molar-refractivity contribution in [3.63, 3.8) is 0 Å². The highest BCUT2D eigenvalue weighted by molar-refractivity contribution is 6.06. The number of carbonyl (C=O) groups is 1. The van der Waals surface area contributed by atoms with Crippen LogP contribution in [-0.4, -0.2) is 15.1 Å². The molecule has 4 nitrogen and oxygen atoms in total. The predicted octanol–water partition coefficient (Wildman–Crippen LogP) is 3.38. The zero-order chi connectivity index (χ0) is 17.1. The zero-order valence-electron chi connectivity index (χ0n) is 13.6. The fraction of sp³-hybridized carbons (Fsp3) is 0.100. The zero-order valence-corrected chi connectivity index (χ0v) is 13.6. The summed E-state index contributed by atoms with van der Waals surface area (Å²) in [6.45, 7) is 1.87. The van der Waals surface area contributed by atoms with Gasteiger partial charge in [-0.15, -0.1) is 0 Å². The van der Waals surface area contributed by atoms with Crippen LogP contribution in [0, 0.1) is 6.92 Å². The van der Waals surface area contributed by atoms with E-state index in [-0.39, 0.29) is 11.3 Å². The smallest absolute Gasteiger partial charge is 0.278 e. The molecule has 0 unspecified atom stereocenters. The second-order valence-electron chi connectivity index (χ2n) is 5.54. The van der Waals surface area contributed by atoms with Gasteiger partial charge in [-0.1, -0.05) is 48.5 Å². The Labute approximate surface area is 140 Å². The van der Waals surface area contributed by atoms with E-state index in [1.54, 1.807) is 27.6 Å². The number of rotatable bonds is 4. The number of ketones is 1. The van der Waals surface area contributed by atoms with Crippen molar-refractivity contribution in [1.82, 2.24) is 9.36 Å². The molecule has 0 aliphatic carbocycles. The summed E-state index contributed by atoms with van der Waals surface area (Å²) >= 11 is 0. The Morgan fingerprint density at radius 2 is 1.54 bits per heavy atom. The predicted molar refractivity (Wildman–Crippen MR) is 95.6 cm³/mol. The first-order chi connectivity index (χ1) is 11.6. The monoisotopic (exact) mass is 318 g/mol. The number of allylic oxidation sites excluding steroid dienone is 1. The van der Waals surface area contributed by atoms with Crippen LogP contribution in [0.1, 0.15) is 21.6 Å². The highest BCUT2D eigenvalue weighted by atomic mass is 16.1. The molecular formula is C20H18N2O2. The van der Waals surface area contributed by atoms with Gasteiger partial charge in [-0.2, -0.15) is 0 Å². The van der Waals surface area contributed by atoms with Crippen molar-refractivity contribution < 1.29 is 4.79 Å². The van der Waals surface area contributed by atoms with E-state index in [4.69, 9.17) is 0 Å². The van der Waals surface area contributed by atoms with Crippen LogP contribution in [0.25, 0.3) is 11.8 Å². The number of nitrogens with zero attached hydrogens (tertiary/aromatic N) is 2. The Kier molecular flexibility index (Phi) is 4.29. The topological polar surface area (TPSA) is 44.0 Å². The molecule has 0 fully saturated rings. The highest BCUT2D eigenvalue weighted by Gasteiger charge is 2.14. The maximum absolute atomic E-state index is 12.7. The molecule has 0 aliphatic rings. The molecule has 3 aromatic rings. The fourth-order valence-corrected chi connectivity index (χ4v) is 2.64. The number of benzene rings is 2.